The molecule has 0 radical (unpaired) electrons. The van der Waals surface area contributed by atoms with E-state index in [1.807, 2.05) is 63.2 Å². The molecular formula is C59H66ClFN12O5. The van der Waals surface area contributed by atoms with E-state index >= 15 is 0 Å². The van der Waals surface area contributed by atoms with Gasteiger partial charge in [0.05, 0.1) is 23.5 Å². The fourth-order valence-electron chi connectivity index (χ4n) is 14.2. The van der Waals surface area contributed by atoms with Crippen molar-refractivity contribution in [3.8, 4) is 28.1 Å². The van der Waals surface area contributed by atoms with Gasteiger partial charge in [-0.25, -0.2) is 14.4 Å². The number of hydrogen-bond acceptors (Lipinski definition) is 16. The number of phenols is 1. The summed E-state index contributed by atoms with van der Waals surface area (Å²) in [6, 6.07) is 23.7. The van der Waals surface area contributed by atoms with Crippen molar-refractivity contribution in [2.24, 2.45) is 16.5 Å². The first kappa shape index (κ1) is 50.6. The maximum absolute atomic E-state index is 14.7. The van der Waals surface area contributed by atoms with Crippen LogP contribution in [-0.4, -0.2) is 120 Å². The number of nitrogens with zero attached hydrogens (tertiary/aromatic N) is 10. The molecular weight excluding hydrogens is 1010 g/mol. The second-order valence-corrected chi connectivity index (χ2v) is 24.0. The number of halogens is 2. The Morgan fingerprint density at radius 3 is 2.26 bits per heavy atom. The molecule has 4 saturated heterocycles. The van der Waals surface area contributed by atoms with E-state index < -0.39 is 23.8 Å². The van der Waals surface area contributed by atoms with Crippen LogP contribution in [0.25, 0.3) is 22.4 Å². The molecule has 2 bridgehead atoms. The van der Waals surface area contributed by atoms with E-state index in [1.54, 1.807) is 35.2 Å². The SMILES string of the molecule is CC(C)[C@@H](C(=O)N1C[C@H](O)C[C@H]1C1=NO[C@](C)(c2ccc(-c3ccccc3F)cc2)N1)c1onc([C@H]2CC3(C2)C[C@H](N2CCC(c4cnc(N5C6CCC5CN(c5cc(-c7ccccc7O)nnc5N)C6)nc4)CC2)C3)c1Cl. The molecule has 1 amide bonds. The van der Waals surface area contributed by atoms with Gasteiger partial charge >= 0.3 is 0 Å². The van der Waals surface area contributed by atoms with Crippen LogP contribution in [0.5, 0.6) is 5.75 Å². The molecule has 6 fully saturated rings. The van der Waals surface area contributed by atoms with Crippen LogP contribution in [0.15, 0.2) is 101 Å². The number of benzene rings is 3. The van der Waals surface area contributed by atoms with Crippen LogP contribution in [-0.2, 0) is 15.4 Å². The molecule has 3 aromatic heterocycles. The Kier molecular flexibility index (Phi) is 12.8. The Bertz CT molecular complexity index is 3240. The number of nitrogen functional groups attached to an aromatic ring is 1. The number of piperazine rings is 1. The third-order valence-corrected chi connectivity index (χ3v) is 18.8. The number of amides is 1. The fraction of sp³-hybridized carbons (Fsp3) is 0.475. The van der Waals surface area contributed by atoms with Gasteiger partial charge in [0.25, 0.3) is 0 Å². The molecule has 2 aliphatic carbocycles. The lowest BCUT2D eigenvalue weighted by molar-refractivity contribution is -0.134. The number of nitrogens with one attached hydrogen (secondary N) is 1. The van der Waals surface area contributed by atoms with Gasteiger partial charge < -0.3 is 50.2 Å². The molecule has 406 valence electrons. The molecule has 2 unspecified atom stereocenters. The normalized spacial score (nSPS) is 28.3. The van der Waals surface area contributed by atoms with Gasteiger partial charge in [-0.3, -0.25) is 4.79 Å². The number of carbonyl (C=O) groups is 1. The quantitative estimate of drug-likeness (QED) is 0.0902. The number of likely N-dealkylation sites (tertiary alicyclic amines) is 2. The van der Waals surface area contributed by atoms with Crippen LogP contribution in [0.4, 0.5) is 21.8 Å². The zero-order chi connectivity index (χ0) is 53.6. The van der Waals surface area contributed by atoms with Gasteiger partial charge in [-0.15, -0.1) is 10.2 Å². The summed E-state index contributed by atoms with van der Waals surface area (Å²) in [5.41, 5.74) is 11.7. The van der Waals surface area contributed by atoms with Crippen molar-refractivity contribution >= 4 is 40.8 Å². The number of aliphatic hydroxyl groups excluding tert-OH is 1. The first-order valence-corrected chi connectivity index (χ1v) is 28.1. The van der Waals surface area contributed by atoms with E-state index in [4.69, 9.17) is 36.7 Å². The number of oxime groups is 1. The minimum absolute atomic E-state index is 0.127. The summed E-state index contributed by atoms with van der Waals surface area (Å²) in [7, 11) is 0. The molecule has 8 heterocycles. The molecule has 78 heavy (non-hydrogen) atoms. The van der Waals surface area contributed by atoms with Crippen LogP contribution in [0.3, 0.4) is 0 Å². The fourth-order valence-corrected chi connectivity index (χ4v) is 14.5. The number of para-hydroxylation sites is 1. The van der Waals surface area contributed by atoms with Crippen molar-refractivity contribution in [3.63, 3.8) is 0 Å². The average molecular weight is 1080 g/mol. The number of rotatable bonds is 12. The van der Waals surface area contributed by atoms with Crippen molar-refractivity contribution in [2.45, 2.75) is 132 Å². The zero-order valence-corrected chi connectivity index (χ0v) is 44.9. The number of aliphatic hydroxyl groups is 1. The molecule has 19 heteroatoms. The van der Waals surface area contributed by atoms with Gasteiger partial charge in [0.15, 0.2) is 17.4 Å². The van der Waals surface area contributed by atoms with E-state index in [9.17, 15) is 19.4 Å². The third kappa shape index (κ3) is 8.96. The van der Waals surface area contributed by atoms with Crippen LogP contribution < -0.4 is 20.9 Å². The molecule has 6 aromatic rings. The van der Waals surface area contributed by atoms with E-state index in [0.717, 1.165) is 106 Å². The van der Waals surface area contributed by atoms with Gasteiger partial charge in [-0.1, -0.05) is 90.4 Å². The van der Waals surface area contributed by atoms with Gasteiger partial charge in [0.2, 0.25) is 17.6 Å². The number of amidine groups is 1. The summed E-state index contributed by atoms with van der Waals surface area (Å²) in [5, 5.41) is 42.8. The highest BCUT2D eigenvalue weighted by Crippen LogP contribution is 2.64. The topological polar surface area (TPSA) is 208 Å². The van der Waals surface area contributed by atoms with Crippen molar-refractivity contribution < 1.29 is 28.8 Å². The third-order valence-electron chi connectivity index (χ3n) is 18.4. The molecule has 3 aromatic carbocycles. The number of carbonyl (C=O) groups excluding carboxylic acids is 1. The number of fused-ring (bicyclic) bond motifs is 2. The minimum atomic E-state index is -1.05. The summed E-state index contributed by atoms with van der Waals surface area (Å²) in [5.74, 6) is 1.35. The number of phenolic OH excluding ortho intramolecular Hbond substituents is 1. The van der Waals surface area contributed by atoms with E-state index in [2.05, 4.69) is 52.9 Å². The lowest BCUT2D eigenvalue weighted by Gasteiger charge is -2.60. The predicted molar refractivity (Wildman–Crippen MR) is 294 cm³/mol. The molecule has 13 rings (SSSR count). The Morgan fingerprint density at radius 1 is 0.872 bits per heavy atom. The molecule has 1 spiro atoms. The highest BCUT2D eigenvalue weighted by Gasteiger charge is 2.56. The van der Waals surface area contributed by atoms with Crippen LogP contribution >= 0.6 is 11.6 Å². The number of aromatic nitrogens is 5. The van der Waals surface area contributed by atoms with Gasteiger partial charge in [-0.2, -0.15) is 0 Å². The minimum Gasteiger partial charge on any atom is -0.507 e. The van der Waals surface area contributed by atoms with Gasteiger partial charge in [0.1, 0.15) is 28.2 Å². The van der Waals surface area contributed by atoms with E-state index in [0.29, 0.717) is 51.2 Å². The molecule has 2 saturated carbocycles. The summed E-state index contributed by atoms with van der Waals surface area (Å²) >= 11 is 7.18. The Morgan fingerprint density at radius 2 is 1.56 bits per heavy atom. The number of anilines is 3. The highest BCUT2D eigenvalue weighted by atomic mass is 35.5. The molecule has 5 N–H and O–H groups in total. The van der Waals surface area contributed by atoms with Gasteiger partial charge in [0, 0.05) is 86.1 Å². The van der Waals surface area contributed by atoms with Gasteiger partial charge in [-0.05, 0) is 117 Å². The Balaban J connectivity index is 0.590. The predicted octanol–water partition coefficient (Wildman–Crippen LogP) is 8.94. The number of nitrogens with two attached hydrogens (primary N) is 1. The first-order valence-electron chi connectivity index (χ1n) is 27.8. The van der Waals surface area contributed by atoms with Crippen molar-refractivity contribution in [3.05, 3.63) is 125 Å². The smallest absolute Gasteiger partial charge is 0.234 e. The maximum atomic E-state index is 14.7. The first-order chi connectivity index (χ1) is 37.7. The number of β-amino-alcohol motifs (C(OH)–C–C–N with tert-alkyl or cyclic N) is 1. The standard InChI is InChI=1S/C59H66ClFN12O5/c1-33(2)50(56(76)72-32-42(74)22-48(72)55-65-58(3,78-69-55)38-14-12-35(13-15-38)43-8-4-6-10-45(43)61)53-51(60)52(68-77-53)36-24-59(25-36)26-41(27-59)70-20-18-34(19-21-70)37-28-63-57(64-29-37)73-39-16-17-40(73)31-71(30-39)47-23-46(66-67-54(47)62)44-9-5-7-11-49(44)75/h4-15,23,28-29,33-34,36,39-42,48,50,74-75H,16-22,24-27,30-32H2,1-3H3,(H2,62,67)(H,65,69)/t36-,39?,40?,41-,42-,48+,50-,58-,59?/m1/s1. The Labute approximate surface area is 458 Å². The summed E-state index contributed by atoms with van der Waals surface area (Å²) < 4.78 is 20.6. The van der Waals surface area contributed by atoms with Crippen LogP contribution in [0, 0.1) is 17.2 Å². The summed E-state index contributed by atoms with van der Waals surface area (Å²) in [4.78, 5) is 39.7. The van der Waals surface area contributed by atoms with Crippen molar-refractivity contribution in [1.82, 2.24) is 40.4 Å². The number of aromatic hydroxyl groups is 1. The van der Waals surface area contributed by atoms with Crippen molar-refractivity contribution in [1.29, 1.82) is 0 Å². The van der Waals surface area contributed by atoms with E-state index in [1.165, 1.54) is 11.6 Å². The number of piperidine rings is 1. The summed E-state index contributed by atoms with van der Waals surface area (Å²) in [6.07, 6.45) is 12.2. The monoisotopic (exact) mass is 1080 g/mol. The second-order valence-electron chi connectivity index (χ2n) is 23.7. The lowest BCUT2D eigenvalue weighted by atomic mass is 9.49. The molecule has 6 atom stereocenters. The largest absolute Gasteiger partial charge is 0.507 e. The van der Waals surface area contributed by atoms with Crippen LogP contribution in [0.2, 0.25) is 5.02 Å². The molecule has 17 nitrogen and oxygen atoms in total. The lowest BCUT2D eigenvalue weighted by Crippen LogP contribution is -2.57. The second kappa shape index (κ2) is 19.8. The van der Waals surface area contributed by atoms with Crippen molar-refractivity contribution in [2.75, 3.05) is 48.3 Å². The Hall–Kier alpha value is -6.89. The van der Waals surface area contributed by atoms with Crippen LogP contribution in [0.1, 0.15) is 119 Å². The molecule has 5 aliphatic heterocycles. The highest BCUT2D eigenvalue weighted by molar-refractivity contribution is 6.32. The number of hydrogen-bond donors (Lipinski definition) is 4. The maximum Gasteiger partial charge on any atom is 0.234 e. The molecule has 7 aliphatic rings. The average Bonchev–Trinajstić information content (AvgIpc) is 4.31. The zero-order valence-electron chi connectivity index (χ0n) is 44.2. The summed E-state index contributed by atoms with van der Waals surface area (Å²) in [6.45, 7) is 9.59. The van der Waals surface area contributed by atoms with E-state index in [-0.39, 0.29) is 59.8 Å².